The number of nitrogens with one attached hydrogen (secondary N) is 1. The van der Waals surface area contributed by atoms with Crippen molar-refractivity contribution in [2.45, 2.75) is 13.5 Å². The molecule has 8 heteroatoms. The summed E-state index contributed by atoms with van der Waals surface area (Å²) < 4.78 is 19.1. The van der Waals surface area contributed by atoms with Crippen LogP contribution in [0.1, 0.15) is 33.3 Å². The summed E-state index contributed by atoms with van der Waals surface area (Å²) >= 11 is 0. The van der Waals surface area contributed by atoms with Gasteiger partial charge in [0.2, 0.25) is 0 Å². The highest BCUT2D eigenvalue weighted by Crippen LogP contribution is 2.43. The molecule has 0 unspecified atom stereocenters. The lowest BCUT2D eigenvalue weighted by molar-refractivity contribution is 0.0521. The van der Waals surface area contributed by atoms with Crippen molar-refractivity contribution >= 4 is 33.9 Å². The predicted octanol–water partition coefficient (Wildman–Crippen LogP) is 5.79. The first-order valence-corrected chi connectivity index (χ1v) is 11.8. The lowest BCUT2D eigenvalue weighted by atomic mass is 10.0. The molecule has 8 nitrogen and oxygen atoms in total. The van der Waals surface area contributed by atoms with Gasteiger partial charge in [0.25, 0.3) is 0 Å². The van der Waals surface area contributed by atoms with Crippen molar-refractivity contribution in [3.05, 3.63) is 83.6 Å². The van der Waals surface area contributed by atoms with Crippen LogP contribution in [0.4, 0.5) is 0 Å². The molecule has 0 bridgehead atoms. The smallest absolute Gasteiger partial charge is 0.355 e. The van der Waals surface area contributed by atoms with Crippen LogP contribution in [0, 0.1) is 0 Å². The number of rotatable bonds is 8. The Kier molecular flexibility index (Phi) is 6.31. The highest BCUT2D eigenvalue weighted by Gasteiger charge is 2.27. The number of fused-ring (bicyclic) bond motifs is 3. The van der Waals surface area contributed by atoms with E-state index in [-0.39, 0.29) is 18.8 Å². The number of aromatic amines is 1. The number of hydrogen-bond donors (Lipinski definition) is 2. The van der Waals surface area contributed by atoms with Crippen LogP contribution < -0.4 is 9.47 Å². The fraction of sp³-hybridized carbons (Fsp3) is 0.172. The maximum absolute atomic E-state index is 13.1. The number of aromatic nitrogens is 2. The van der Waals surface area contributed by atoms with Crippen LogP contribution in [0.5, 0.6) is 11.5 Å². The number of carboxylic acid groups (broad SMARTS) is 1. The van der Waals surface area contributed by atoms with Crippen molar-refractivity contribution in [3.63, 3.8) is 0 Å². The number of benzene rings is 3. The number of aryl methyl sites for hydroxylation is 1. The van der Waals surface area contributed by atoms with Crippen LogP contribution in [0.2, 0.25) is 0 Å². The van der Waals surface area contributed by atoms with Crippen molar-refractivity contribution in [1.82, 2.24) is 9.55 Å². The molecule has 5 aromatic rings. The number of carbonyl (C=O) groups excluding carboxylic acids is 1. The first-order valence-electron chi connectivity index (χ1n) is 11.8. The summed E-state index contributed by atoms with van der Waals surface area (Å²) in [5, 5.41) is 10.6. The SMILES string of the molecule is CCOC(=O)c1[nH]c2c3ccccc3n(C)c2c1-c1ccc(OC)cc1OCc1ccccc1C(=O)O. The zero-order chi connectivity index (χ0) is 26.1. The highest BCUT2D eigenvalue weighted by atomic mass is 16.5. The third-order valence-corrected chi connectivity index (χ3v) is 6.41. The van der Waals surface area contributed by atoms with Gasteiger partial charge in [0.05, 0.1) is 35.8 Å². The molecular weight excluding hydrogens is 472 g/mol. The monoisotopic (exact) mass is 498 g/mol. The number of esters is 1. The zero-order valence-corrected chi connectivity index (χ0v) is 20.7. The van der Waals surface area contributed by atoms with Crippen molar-refractivity contribution in [1.29, 1.82) is 0 Å². The van der Waals surface area contributed by atoms with E-state index in [0.717, 1.165) is 21.9 Å². The number of hydrogen-bond acceptors (Lipinski definition) is 5. The van der Waals surface area contributed by atoms with E-state index >= 15 is 0 Å². The summed E-state index contributed by atoms with van der Waals surface area (Å²) in [5.74, 6) is -0.503. The minimum absolute atomic E-state index is 0.0139. The zero-order valence-electron chi connectivity index (χ0n) is 20.7. The number of aromatic carboxylic acids is 1. The molecule has 0 saturated heterocycles. The molecular formula is C29H26N2O6. The van der Waals surface area contributed by atoms with Gasteiger partial charge in [-0.3, -0.25) is 0 Å². The molecule has 0 amide bonds. The van der Waals surface area contributed by atoms with Gasteiger partial charge in [-0.05, 0) is 31.2 Å². The normalized spacial score (nSPS) is 11.1. The molecule has 0 atom stereocenters. The Balaban J connectivity index is 1.72. The number of H-pyrrole nitrogens is 1. The fourth-order valence-electron chi connectivity index (χ4n) is 4.70. The molecule has 0 saturated carbocycles. The molecule has 5 rings (SSSR count). The summed E-state index contributed by atoms with van der Waals surface area (Å²) in [4.78, 5) is 28.1. The third-order valence-electron chi connectivity index (χ3n) is 6.41. The molecule has 188 valence electrons. The number of methoxy groups -OCH3 is 1. The first kappa shape index (κ1) is 24.0. The van der Waals surface area contributed by atoms with E-state index in [4.69, 9.17) is 14.2 Å². The summed E-state index contributed by atoms with van der Waals surface area (Å²) in [6.45, 7) is 2.00. The van der Waals surface area contributed by atoms with Crippen LogP contribution in [0.3, 0.4) is 0 Å². The van der Waals surface area contributed by atoms with E-state index in [1.165, 1.54) is 6.07 Å². The Morgan fingerprint density at radius 2 is 1.78 bits per heavy atom. The van der Waals surface area contributed by atoms with E-state index in [1.807, 2.05) is 41.9 Å². The molecule has 0 spiro atoms. The van der Waals surface area contributed by atoms with Gasteiger partial charge >= 0.3 is 11.9 Å². The molecule has 2 N–H and O–H groups in total. The Bertz CT molecular complexity index is 1650. The average Bonchev–Trinajstić information content (AvgIpc) is 3.43. The standard InChI is InChI=1S/C29H26N2O6/c1-4-36-29(34)26-24(27-25(30-26)20-11-7-8-12-22(20)31(27)2)21-14-13-18(35-3)15-23(21)37-16-17-9-5-6-10-19(17)28(32)33/h5-15,30H,4,16H2,1-3H3,(H,32,33). The molecule has 37 heavy (non-hydrogen) atoms. The Hall–Kier alpha value is -4.72. The van der Waals surface area contributed by atoms with Crippen LogP contribution >= 0.6 is 0 Å². The summed E-state index contributed by atoms with van der Waals surface area (Å²) in [7, 11) is 3.51. The van der Waals surface area contributed by atoms with E-state index in [0.29, 0.717) is 33.9 Å². The van der Waals surface area contributed by atoms with E-state index in [1.54, 1.807) is 44.4 Å². The second-order valence-corrected chi connectivity index (χ2v) is 8.51. The van der Waals surface area contributed by atoms with E-state index in [9.17, 15) is 14.7 Å². The van der Waals surface area contributed by atoms with Crippen LogP contribution in [-0.2, 0) is 18.4 Å². The van der Waals surface area contributed by atoms with Gasteiger partial charge in [-0.15, -0.1) is 0 Å². The quantitative estimate of drug-likeness (QED) is 0.263. The van der Waals surface area contributed by atoms with Crippen LogP contribution in [0.25, 0.3) is 33.1 Å². The molecule has 0 aliphatic heterocycles. The number of carboxylic acids is 1. The Labute approximate surface area is 213 Å². The Morgan fingerprint density at radius 3 is 2.54 bits per heavy atom. The van der Waals surface area contributed by atoms with Gasteiger partial charge in [0.15, 0.2) is 0 Å². The number of ether oxygens (including phenoxy) is 3. The summed E-state index contributed by atoms with van der Waals surface area (Å²) in [6.07, 6.45) is 0. The van der Waals surface area contributed by atoms with Gasteiger partial charge < -0.3 is 28.9 Å². The second-order valence-electron chi connectivity index (χ2n) is 8.51. The maximum atomic E-state index is 13.1. The maximum Gasteiger partial charge on any atom is 0.355 e. The predicted molar refractivity (Wildman–Crippen MR) is 140 cm³/mol. The Morgan fingerprint density at radius 1 is 1.03 bits per heavy atom. The second kappa shape index (κ2) is 9.73. The van der Waals surface area contributed by atoms with Crippen molar-refractivity contribution in [2.75, 3.05) is 13.7 Å². The van der Waals surface area contributed by atoms with Crippen LogP contribution in [0.15, 0.2) is 66.7 Å². The molecule has 0 aliphatic carbocycles. The minimum atomic E-state index is -1.03. The molecule has 0 fully saturated rings. The molecule has 0 aliphatic rings. The number of para-hydroxylation sites is 1. The first-order chi connectivity index (χ1) is 17.9. The van der Waals surface area contributed by atoms with Gasteiger partial charge in [0, 0.05) is 35.2 Å². The van der Waals surface area contributed by atoms with Crippen molar-refractivity contribution in [3.8, 4) is 22.6 Å². The van der Waals surface area contributed by atoms with E-state index in [2.05, 4.69) is 4.98 Å². The topological polar surface area (TPSA) is 103 Å². The van der Waals surface area contributed by atoms with Gasteiger partial charge in [0.1, 0.15) is 23.8 Å². The van der Waals surface area contributed by atoms with Crippen LogP contribution in [-0.4, -0.2) is 40.3 Å². The third kappa shape index (κ3) is 4.16. The number of carbonyl (C=O) groups is 2. The molecule has 0 radical (unpaired) electrons. The number of nitrogens with zero attached hydrogens (tertiary/aromatic N) is 1. The van der Waals surface area contributed by atoms with Crippen molar-refractivity contribution < 1.29 is 28.9 Å². The molecule has 2 heterocycles. The van der Waals surface area contributed by atoms with Gasteiger partial charge in [-0.1, -0.05) is 36.4 Å². The highest BCUT2D eigenvalue weighted by molar-refractivity contribution is 6.16. The largest absolute Gasteiger partial charge is 0.497 e. The summed E-state index contributed by atoms with van der Waals surface area (Å²) in [6, 6.07) is 20.0. The lowest BCUT2D eigenvalue weighted by Gasteiger charge is -2.15. The average molecular weight is 499 g/mol. The van der Waals surface area contributed by atoms with Gasteiger partial charge in [-0.2, -0.15) is 0 Å². The summed E-state index contributed by atoms with van der Waals surface area (Å²) in [5.41, 5.74) is 4.93. The van der Waals surface area contributed by atoms with Gasteiger partial charge in [-0.25, -0.2) is 9.59 Å². The fourth-order valence-corrected chi connectivity index (χ4v) is 4.70. The van der Waals surface area contributed by atoms with Crippen molar-refractivity contribution in [2.24, 2.45) is 7.05 Å². The molecule has 3 aromatic carbocycles. The van der Waals surface area contributed by atoms with E-state index < -0.39 is 11.9 Å². The minimum Gasteiger partial charge on any atom is -0.497 e. The lowest BCUT2D eigenvalue weighted by Crippen LogP contribution is -2.08. The molecule has 2 aromatic heterocycles.